The molecule has 0 saturated heterocycles. The Balaban J connectivity index is 1.58. The highest BCUT2D eigenvalue weighted by atomic mass is 16.2. The number of amides is 1. The highest BCUT2D eigenvalue weighted by Crippen LogP contribution is 2.14. The van der Waals surface area contributed by atoms with Crippen molar-refractivity contribution in [1.29, 1.82) is 0 Å². The van der Waals surface area contributed by atoms with E-state index >= 15 is 0 Å². The van der Waals surface area contributed by atoms with Crippen molar-refractivity contribution in [1.82, 2.24) is 25.5 Å². The number of guanidine groups is 1. The van der Waals surface area contributed by atoms with Crippen LogP contribution in [-0.4, -0.2) is 40.0 Å². The fourth-order valence-corrected chi connectivity index (χ4v) is 3.22. The van der Waals surface area contributed by atoms with Crippen LogP contribution in [0.4, 0.5) is 0 Å². The predicted octanol–water partition coefficient (Wildman–Crippen LogP) is 3.05. The van der Waals surface area contributed by atoms with E-state index in [1.54, 1.807) is 0 Å². The molecule has 3 N–H and O–H groups in total. The van der Waals surface area contributed by atoms with Gasteiger partial charge in [0, 0.05) is 18.6 Å². The van der Waals surface area contributed by atoms with Gasteiger partial charge in [0.25, 0.3) is 0 Å². The number of para-hydroxylation sites is 2. The molecule has 0 atom stereocenters. The number of benzene rings is 2. The molecule has 1 heterocycles. The van der Waals surface area contributed by atoms with E-state index in [0.29, 0.717) is 12.5 Å². The zero-order chi connectivity index (χ0) is 22.3. The molecule has 0 unspecified atom stereocenters. The maximum Gasteiger partial charge on any atom is 0.239 e. The molecule has 0 spiro atoms. The van der Waals surface area contributed by atoms with Gasteiger partial charge in [-0.1, -0.05) is 36.4 Å². The molecule has 0 fully saturated rings. The van der Waals surface area contributed by atoms with E-state index in [0.717, 1.165) is 29.7 Å². The number of aliphatic imine (C=N–C) groups is 1. The number of nitrogens with zero attached hydrogens (tertiary/aromatic N) is 3. The van der Waals surface area contributed by atoms with Gasteiger partial charge < -0.3 is 20.5 Å². The Kier molecular flexibility index (Phi) is 7.28. The molecule has 0 aliphatic heterocycles. The van der Waals surface area contributed by atoms with E-state index in [1.165, 1.54) is 5.56 Å². The van der Waals surface area contributed by atoms with E-state index < -0.39 is 0 Å². The summed E-state index contributed by atoms with van der Waals surface area (Å²) in [5, 5.41) is 9.20. The molecular weight excluding hydrogens is 388 g/mol. The summed E-state index contributed by atoms with van der Waals surface area (Å²) in [7, 11) is 0. The average molecular weight is 421 g/mol. The van der Waals surface area contributed by atoms with E-state index in [9.17, 15) is 4.79 Å². The first-order chi connectivity index (χ1) is 14.8. The van der Waals surface area contributed by atoms with Crippen molar-refractivity contribution in [2.45, 2.75) is 46.3 Å². The second-order valence-electron chi connectivity index (χ2n) is 8.52. The molecule has 2 aromatic carbocycles. The number of hydrogen-bond acceptors (Lipinski definition) is 3. The van der Waals surface area contributed by atoms with Crippen LogP contribution < -0.4 is 16.0 Å². The van der Waals surface area contributed by atoms with Crippen molar-refractivity contribution in [3.05, 3.63) is 66.0 Å². The van der Waals surface area contributed by atoms with Crippen LogP contribution in [0.25, 0.3) is 11.0 Å². The van der Waals surface area contributed by atoms with Crippen LogP contribution in [0.5, 0.6) is 0 Å². The van der Waals surface area contributed by atoms with Gasteiger partial charge in [0.1, 0.15) is 0 Å². The van der Waals surface area contributed by atoms with Crippen LogP contribution in [0.1, 0.15) is 38.8 Å². The minimum atomic E-state index is -0.251. The molecule has 1 amide bonds. The van der Waals surface area contributed by atoms with E-state index in [2.05, 4.69) is 60.8 Å². The van der Waals surface area contributed by atoms with Gasteiger partial charge in [-0.3, -0.25) is 4.79 Å². The van der Waals surface area contributed by atoms with Crippen molar-refractivity contribution in [3.63, 3.8) is 0 Å². The summed E-state index contributed by atoms with van der Waals surface area (Å²) in [6.45, 7) is 10.1. The number of rotatable bonds is 7. The molecule has 0 aliphatic carbocycles. The lowest BCUT2D eigenvalue weighted by Crippen LogP contribution is -2.48. The quantitative estimate of drug-likeness (QED) is 0.405. The van der Waals surface area contributed by atoms with Crippen molar-refractivity contribution in [2.75, 3.05) is 13.1 Å². The van der Waals surface area contributed by atoms with Gasteiger partial charge in [-0.25, -0.2) is 9.98 Å². The van der Waals surface area contributed by atoms with Gasteiger partial charge >= 0.3 is 0 Å². The molecule has 164 valence electrons. The van der Waals surface area contributed by atoms with E-state index in [4.69, 9.17) is 0 Å². The molecule has 1 aromatic heterocycles. The summed E-state index contributed by atoms with van der Waals surface area (Å²) >= 11 is 0. The molecule has 7 nitrogen and oxygen atoms in total. The van der Waals surface area contributed by atoms with Gasteiger partial charge in [-0.05, 0) is 51.0 Å². The maximum atomic E-state index is 12.0. The summed E-state index contributed by atoms with van der Waals surface area (Å²) in [6.07, 6.45) is 1.88. The minimum absolute atomic E-state index is 0.0607. The smallest absolute Gasteiger partial charge is 0.239 e. The normalized spacial score (nSPS) is 12.1. The molecule has 0 aliphatic rings. The number of aromatic nitrogens is 2. The third-order valence-corrected chi connectivity index (χ3v) is 4.60. The molecule has 0 saturated carbocycles. The SMILES string of the molecule is CCNC(=NCc1ccc(Cn2cnc3ccccc32)cc1)NCC(=O)NC(C)(C)C. The van der Waals surface area contributed by atoms with Crippen LogP contribution in [0.15, 0.2) is 59.9 Å². The number of carbonyl (C=O) groups excluding carboxylic acids is 1. The third kappa shape index (κ3) is 6.84. The fourth-order valence-electron chi connectivity index (χ4n) is 3.22. The highest BCUT2D eigenvalue weighted by molar-refractivity contribution is 5.86. The Morgan fingerprint density at radius 1 is 1.03 bits per heavy atom. The van der Waals surface area contributed by atoms with E-state index in [1.807, 2.05) is 52.2 Å². The zero-order valence-electron chi connectivity index (χ0n) is 18.8. The van der Waals surface area contributed by atoms with Crippen LogP contribution in [0.2, 0.25) is 0 Å². The van der Waals surface area contributed by atoms with Crippen LogP contribution in [0, 0.1) is 0 Å². The summed E-state index contributed by atoms with van der Waals surface area (Å²) in [5.41, 5.74) is 4.20. The van der Waals surface area contributed by atoms with Gasteiger partial charge in [0.05, 0.1) is 30.5 Å². The number of imidazole rings is 1. The Labute approximate surface area is 184 Å². The van der Waals surface area contributed by atoms with Crippen molar-refractivity contribution < 1.29 is 4.79 Å². The zero-order valence-corrected chi connectivity index (χ0v) is 18.8. The first kappa shape index (κ1) is 22.3. The number of fused-ring (bicyclic) bond motifs is 1. The lowest BCUT2D eigenvalue weighted by Gasteiger charge is -2.21. The monoisotopic (exact) mass is 420 g/mol. The highest BCUT2D eigenvalue weighted by Gasteiger charge is 2.13. The Morgan fingerprint density at radius 2 is 1.74 bits per heavy atom. The average Bonchev–Trinajstić information content (AvgIpc) is 3.13. The van der Waals surface area contributed by atoms with Crippen molar-refractivity contribution >= 4 is 22.9 Å². The lowest BCUT2D eigenvalue weighted by atomic mass is 10.1. The minimum Gasteiger partial charge on any atom is -0.357 e. The third-order valence-electron chi connectivity index (χ3n) is 4.60. The first-order valence-electron chi connectivity index (χ1n) is 10.6. The fraction of sp³-hybridized carbons (Fsp3) is 0.375. The largest absolute Gasteiger partial charge is 0.357 e. The molecular formula is C24H32N6O. The van der Waals surface area contributed by atoms with Crippen LogP contribution >= 0.6 is 0 Å². The first-order valence-corrected chi connectivity index (χ1v) is 10.6. The Hall–Kier alpha value is -3.35. The Bertz CT molecular complexity index is 1030. The number of nitrogens with one attached hydrogen (secondary N) is 3. The summed E-state index contributed by atoms with van der Waals surface area (Å²) in [5.74, 6) is 0.565. The second kappa shape index (κ2) is 10.1. The molecule has 3 aromatic rings. The standard InChI is InChI=1S/C24H32N6O/c1-5-25-23(27-15-22(31)29-24(2,3)4)26-14-18-10-12-19(13-11-18)16-30-17-28-20-8-6-7-9-21(20)30/h6-13,17H,5,14-16H2,1-4H3,(H,29,31)(H2,25,26,27). The van der Waals surface area contributed by atoms with Gasteiger partial charge in [0.2, 0.25) is 5.91 Å². The lowest BCUT2D eigenvalue weighted by molar-refractivity contribution is -0.121. The summed E-state index contributed by atoms with van der Waals surface area (Å²) < 4.78 is 2.15. The van der Waals surface area contributed by atoms with E-state index in [-0.39, 0.29) is 18.0 Å². The molecule has 0 radical (unpaired) electrons. The second-order valence-corrected chi connectivity index (χ2v) is 8.52. The van der Waals surface area contributed by atoms with Gasteiger partial charge in [-0.15, -0.1) is 0 Å². The van der Waals surface area contributed by atoms with Crippen molar-refractivity contribution in [2.24, 2.45) is 4.99 Å². The van der Waals surface area contributed by atoms with Crippen LogP contribution in [-0.2, 0) is 17.9 Å². The number of carbonyl (C=O) groups is 1. The topological polar surface area (TPSA) is 83.3 Å². The predicted molar refractivity (Wildman–Crippen MR) is 126 cm³/mol. The molecule has 0 bridgehead atoms. The summed E-state index contributed by atoms with van der Waals surface area (Å²) in [4.78, 5) is 21.1. The van der Waals surface area contributed by atoms with Gasteiger partial charge in [0.15, 0.2) is 5.96 Å². The Morgan fingerprint density at radius 3 is 2.45 bits per heavy atom. The molecule has 3 rings (SSSR count). The van der Waals surface area contributed by atoms with Crippen LogP contribution in [0.3, 0.4) is 0 Å². The number of hydrogen-bond donors (Lipinski definition) is 3. The molecule has 7 heteroatoms. The molecule has 31 heavy (non-hydrogen) atoms. The van der Waals surface area contributed by atoms with Crippen molar-refractivity contribution in [3.8, 4) is 0 Å². The maximum absolute atomic E-state index is 12.0. The summed E-state index contributed by atoms with van der Waals surface area (Å²) in [6, 6.07) is 16.6. The van der Waals surface area contributed by atoms with Gasteiger partial charge in [-0.2, -0.15) is 0 Å².